The van der Waals surface area contributed by atoms with E-state index in [9.17, 15) is 4.39 Å². The van der Waals surface area contributed by atoms with E-state index in [1.54, 1.807) is 0 Å². The lowest BCUT2D eigenvalue weighted by Gasteiger charge is -2.40. The number of fused-ring (bicyclic) bond motifs is 3. The number of hydrogen-bond donors (Lipinski definition) is 1. The monoisotopic (exact) mass is 444 g/mol. The fraction of sp³-hybridized carbons (Fsp3) is 0.500. The minimum Gasteiger partial charge on any atom is -0.384 e. The van der Waals surface area contributed by atoms with Crippen LogP contribution in [-0.4, -0.2) is 29.6 Å². The number of piperidine rings is 1. The Balaban J connectivity index is 0.00000112. The molecule has 0 unspecified atom stereocenters. The number of hydrogen-bond acceptors (Lipinski definition) is 4. The smallest absolute Gasteiger partial charge is 0.143 e. The Bertz CT molecular complexity index is 871. The number of alkyl halides is 1. The second-order valence-electron chi connectivity index (χ2n) is 7.91. The Labute approximate surface area is 182 Å². The summed E-state index contributed by atoms with van der Waals surface area (Å²) in [7, 11) is 0. The van der Waals surface area contributed by atoms with Crippen LogP contribution in [0.1, 0.15) is 55.1 Å². The van der Waals surface area contributed by atoms with Gasteiger partial charge in [-0.05, 0) is 48.9 Å². The summed E-state index contributed by atoms with van der Waals surface area (Å²) in [5.41, 5.74) is 4.31. The van der Waals surface area contributed by atoms with Crippen molar-refractivity contribution in [1.82, 2.24) is 9.97 Å². The average Bonchev–Trinajstić information content (AvgIpc) is 3.14. The molecule has 1 aromatic heterocycles. The molecule has 1 fully saturated rings. The largest absolute Gasteiger partial charge is 0.384 e. The van der Waals surface area contributed by atoms with Crippen molar-refractivity contribution >= 4 is 47.9 Å². The number of nitrogens with one attached hydrogen (secondary N) is 1. The summed E-state index contributed by atoms with van der Waals surface area (Å²) in [5, 5.41) is 4.34. The van der Waals surface area contributed by atoms with E-state index in [2.05, 4.69) is 39.2 Å². The molecule has 0 saturated carbocycles. The predicted molar refractivity (Wildman–Crippen MR) is 116 cm³/mol. The van der Waals surface area contributed by atoms with Crippen molar-refractivity contribution in [2.45, 2.75) is 43.7 Å². The Morgan fingerprint density at radius 2 is 1.96 bits per heavy atom. The normalized spacial score (nSPS) is 24.0. The van der Waals surface area contributed by atoms with Crippen LogP contribution in [0.15, 0.2) is 24.5 Å². The number of benzene rings is 1. The molecule has 1 saturated heterocycles. The van der Waals surface area contributed by atoms with Gasteiger partial charge < -0.3 is 10.2 Å². The van der Waals surface area contributed by atoms with Gasteiger partial charge in [-0.1, -0.05) is 18.5 Å². The van der Waals surface area contributed by atoms with Crippen molar-refractivity contribution in [3.05, 3.63) is 46.4 Å². The third-order valence-corrected chi connectivity index (χ3v) is 6.67. The topological polar surface area (TPSA) is 41.1 Å². The van der Waals surface area contributed by atoms with Crippen LogP contribution in [0.2, 0.25) is 5.02 Å². The number of aromatic nitrogens is 2. The van der Waals surface area contributed by atoms with Gasteiger partial charge in [-0.3, -0.25) is 0 Å². The van der Waals surface area contributed by atoms with Crippen LogP contribution >= 0.6 is 36.4 Å². The molecule has 2 aliphatic heterocycles. The SMILES string of the molecule is C[C@@H]1C[C@@H](F)c2ncnc(N3CCC4(CC3)CNc3ccc(Cl)cc34)c21.Cl.Cl. The van der Waals surface area contributed by atoms with Crippen LogP contribution in [0.25, 0.3) is 0 Å². The third-order valence-electron chi connectivity index (χ3n) is 6.43. The minimum absolute atomic E-state index is 0. The van der Waals surface area contributed by atoms with Gasteiger partial charge in [0.1, 0.15) is 18.3 Å². The van der Waals surface area contributed by atoms with Gasteiger partial charge in [0, 0.05) is 41.3 Å². The van der Waals surface area contributed by atoms with E-state index >= 15 is 0 Å². The molecular weight excluding hydrogens is 422 g/mol. The number of nitrogens with zero attached hydrogens (tertiary/aromatic N) is 3. The van der Waals surface area contributed by atoms with Crippen LogP contribution in [0.5, 0.6) is 0 Å². The second kappa shape index (κ2) is 7.85. The second-order valence-corrected chi connectivity index (χ2v) is 8.35. The first-order valence-electron chi connectivity index (χ1n) is 9.35. The fourth-order valence-corrected chi connectivity index (χ4v) is 5.15. The highest BCUT2D eigenvalue weighted by atomic mass is 35.5. The molecule has 1 spiro atoms. The quantitative estimate of drug-likeness (QED) is 0.633. The van der Waals surface area contributed by atoms with Crippen molar-refractivity contribution in [2.75, 3.05) is 29.9 Å². The maximum Gasteiger partial charge on any atom is 0.143 e. The Morgan fingerprint density at radius 3 is 2.71 bits per heavy atom. The molecule has 1 N–H and O–H groups in total. The lowest BCUT2D eigenvalue weighted by atomic mass is 9.74. The summed E-state index contributed by atoms with van der Waals surface area (Å²) in [4.78, 5) is 11.1. The molecule has 3 heterocycles. The third kappa shape index (κ3) is 3.21. The summed E-state index contributed by atoms with van der Waals surface area (Å²) >= 11 is 6.25. The first kappa shape index (κ1) is 21.4. The first-order valence-corrected chi connectivity index (χ1v) is 9.73. The maximum absolute atomic E-state index is 14.2. The summed E-state index contributed by atoms with van der Waals surface area (Å²) < 4.78 is 14.2. The average molecular weight is 446 g/mol. The van der Waals surface area contributed by atoms with Crippen molar-refractivity contribution < 1.29 is 4.39 Å². The summed E-state index contributed by atoms with van der Waals surface area (Å²) in [6.45, 7) is 4.87. The van der Waals surface area contributed by atoms with E-state index in [1.807, 2.05) is 6.07 Å². The van der Waals surface area contributed by atoms with E-state index in [1.165, 1.54) is 17.6 Å². The van der Waals surface area contributed by atoms with Crippen LogP contribution in [0.3, 0.4) is 0 Å². The van der Waals surface area contributed by atoms with Crippen LogP contribution in [0, 0.1) is 0 Å². The number of halogens is 4. The van der Waals surface area contributed by atoms with Gasteiger partial charge in [0.15, 0.2) is 0 Å². The Kier molecular flexibility index (Phi) is 6.00. The summed E-state index contributed by atoms with van der Waals surface area (Å²) in [6.07, 6.45) is 3.18. The van der Waals surface area contributed by atoms with E-state index in [0.717, 1.165) is 48.9 Å². The van der Waals surface area contributed by atoms with Crippen LogP contribution in [0.4, 0.5) is 15.9 Å². The Hall–Kier alpha value is -1.30. The van der Waals surface area contributed by atoms with Gasteiger partial charge in [0.25, 0.3) is 0 Å². The summed E-state index contributed by atoms with van der Waals surface area (Å²) in [5.74, 6) is 1.12. The molecule has 4 nitrogen and oxygen atoms in total. The highest BCUT2D eigenvalue weighted by Gasteiger charge is 2.43. The first-order chi connectivity index (χ1) is 12.6. The van der Waals surface area contributed by atoms with Crippen molar-refractivity contribution in [1.29, 1.82) is 0 Å². The molecule has 1 aliphatic carbocycles. The number of anilines is 2. The molecule has 5 rings (SSSR count). The van der Waals surface area contributed by atoms with Gasteiger partial charge in [-0.2, -0.15) is 0 Å². The molecule has 2 atom stereocenters. The summed E-state index contributed by atoms with van der Waals surface area (Å²) in [6, 6.07) is 6.14. The van der Waals surface area contributed by atoms with Crippen LogP contribution < -0.4 is 10.2 Å². The van der Waals surface area contributed by atoms with Gasteiger partial charge in [0.2, 0.25) is 0 Å². The van der Waals surface area contributed by atoms with Crippen molar-refractivity contribution in [2.24, 2.45) is 0 Å². The van der Waals surface area contributed by atoms with E-state index in [0.29, 0.717) is 12.1 Å². The Morgan fingerprint density at radius 1 is 1.21 bits per heavy atom. The molecule has 0 bridgehead atoms. The van der Waals surface area contributed by atoms with Gasteiger partial charge in [-0.25, -0.2) is 14.4 Å². The van der Waals surface area contributed by atoms with Gasteiger partial charge >= 0.3 is 0 Å². The van der Waals surface area contributed by atoms with Gasteiger partial charge in [-0.15, -0.1) is 24.8 Å². The molecule has 0 amide bonds. The van der Waals surface area contributed by atoms with Gasteiger partial charge in [0.05, 0.1) is 5.69 Å². The lowest BCUT2D eigenvalue weighted by Crippen LogP contribution is -2.44. The van der Waals surface area contributed by atoms with E-state index in [4.69, 9.17) is 11.6 Å². The highest BCUT2D eigenvalue weighted by molar-refractivity contribution is 6.30. The lowest BCUT2D eigenvalue weighted by molar-refractivity contribution is 0.326. The van der Waals surface area contributed by atoms with E-state index in [-0.39, 0.29) is 36.1 Å². The standard InChI is InChI=1S/C20H22ClFN4.2ClH/c1-12-8-15(22)18-17(12)19(25-11-24-18)26-6-4-20(5-7-26)10-23-16-3-2-13(21)9-14(16)20;;/h2-3,9,11-12,15,23H,4-8,10H2,1H3;2*1H/t12-,15-;;/m1../s1. The molecule has 8 heteroatoms. The predicted octanol–water partition coefficient (Wildman–Crippen LogP) is 5.46. The molecule has 3 aliphatic rings. The zero-order valence-corrected chi connectivity index (χ0v) is 18.0. The van der Waals surface area contributed by atoms with E-state index < -0.39 is 6.17 Å². The maximum atomic E-state index is 14.2. The zero-order chi connectivity index (χ0) is 17.9. The number of rotatable bonds is 1. The molecule has 28 heavy (non-hydrogen) atoms. The van der Waals surface area contributed by atoms with Crippen molar-refractivity contribution in [3.8, 4) is 0 Å². The zero-order valence-electron chi connectivity index (χ0n) is 15.6. The minimum atomic E-state index is -0.953. The molecule has 2 aromatic rings. The fourth-order valence-electron chi connectivity index (χ4n) is 4.98. The molecular formula is C20H24Cl3FN4. The molecule has 1 aromatic carbocycles. The highest BCUT2D eigenvalue weighted by Crippen LogP contribution is 2.48. The van der Waals surface area contributed by atoms with Crippen molar-refractivity contribution in [3.63, 3.8) is 0 Å². The molecule has 152 valence electrons. The van der Waals surface area contributed by atoms with Crippen LogP contribution in [-0.2, 0) is 5.41 Å². The molecule has 0 radical (unpaired) electrons.